The van der Waals surface area contributed by atoms with Crippen LogP contribution in [-0.2, 0) is 16.0 Å². The van der Waals surface area contributed by atoms with Gasteiger partial charge in [0.25, 0.3) is 0 Å². The average Bonchev–Trinajstić information content (AvgIpc) is 2.98. The highest BCUT2D eigenvalue weighted by atomic mass is 79.9. The quantitative estimate of drug-likeness (QED) is 0.889. The lowest BCUT2D eigenvalue weighted by Gasteiger charge is -2.12. The van der Waals surface area contributed by atoms with Gasteiger partial charge in [-0.2, -0.15) is 0 Å². The Kier molecular flexibility index (Phi) is 3.19. The van der Waals surface area contributed by atoms with Crippen LogP contribution in [-0.4, -0.2) is 22.5 Å². The Labute approximate surface area is 107 Å². The largest absolute Gasteiger partial charge is 0.480 e. The summed E-state index contributed by atoms with van der Waals surface area (Å²) in [5.41, 5.74) is -0.138. The smallest absolute Gasteiger partial charge is 0.329 e. The first kappa shape index (κ1) is 12.1. The molecule has 4 nitrogen and oxygen atoms in total. The van der Waals surface area contributed by atoms with Gasteiger partial charge in [0.15, 0.2) is 0 Å². The number of carboxylic acid groups (broad SMARTS) is 1. The van der Waals surface area contributed by atoms with Crippen LogP contribution in [0.25, 0.3) is 0 Å². The fraction of sp³-hybridized carbons (Fsp3) is 0.333. The number of rotatable bonds is 4. The molecule has 2 rings (SSSR count). The van der Waals surface area contributed by atoms with E-state index in [0.29, 0.717) is 12.8 Å². The topological polar surface area (TPSA) is 66.4 Å². The van der Waals surface area contributed by atoms with Gasteiger partial charge in [0.05, 0.1) is 6.42 Å². The van der Waals surface area contributed by atoms with Crippen molar-refractivity contribution in [1.29, 1.82) is 0 Å². The SMILES string of the molecule is O=C(Cc1cccc(Br)c1)NC1(C(=O)O)CC1. The maximum Gasteiger partial charge on any atom is 0.329 e. The number of carbonyl (C=O) groups is 2. The molecule has 0 heterocycles. The summed E-state index contributed by atoms with van der Waals surface area (Å²) in [7, 11) is 0. The van der Waals surface area contributed by atoms with Crippen molar-refractivity contribution in [2.45, 2.75) is 24.8 Å². The van der Waals surface area contributed by atoms with Crippen molar-refractivity contribution >= 4 is 27.8 Å². The summed E-state index contributed by atoms with van der Waals surface area (Å²) in [6.07, 6.45) is 1.24. The lowest BCUT2D eigenvalue weighted by molar-refractivity contribution is -0.143. The minimum atomic E-state index is -0.997. The molecule has 1 fully saturated rings. The fourth-order valence-electron chi connectivity index (χ4n) is 1.66. The number of amides is 1. The summed E-state index contributed by atoms with van der Waals surface area (Å²) in [4.78, 5) is 22.6. The molecule has 0 spiro atoms. The Morgan fingerprint density at radius 3 is 2.65 bits per heavy atom. The molecule has 1 aliphatic rings. The van der Waals surface area contributed by atoms with Gasteiger partial charge in [-0.15, -0.1) is 0 Å². The minimum Gasteiger partial charge on any atom is -0.480 e. The molecule has 0 unspecified atom stereocenters. The van der Waals surface area contributed by atoms with Crippen LogP contribution in [0.3, 0.4) is 0 Å². The van der Waals surface area contributed by atoms with Crippen LogP contribution in [0.1, 0.15) is 18.4 Å². The third-order valence-corrected chi connectivity index (χ3v) is 3.29. The molecule has 0 aliphatic heterocycles. The Balaban J connectivity index is 1.96. The number of nitrogens with one attached hydrogen (secondary N) is 1. The maximum absolute atomic E-state index is 11.7. The summed E-state index contributed by atoms with van der Waals surface area (Å²) in [5, 5.41) is 11.5. The summed E-state index contributed by atoms with van der Waals surface area (Å²) in [6.45, 7) is 0. The molecular weight excluding hydrogens is 286 g/mol. The number of halogens is 1. The Morgan fingerprint density at radius 1 is 1.41 bits per heavy atom. The van der Waals surface area contributed by atoms with Gasteiger partial charge >= 0.3 is 5.97 Å². The highest BCUT2D eigenvalue weighted by molar-refractivity contribution is 9.10. The van der Waals surface area contributed by atoms with E-state index < -0.39 is 11.5 Å². The molecule has 1 aliphatic carbocycles. The van der Waals surface area contributed by atoms with Crippen molar-refractivity contribution < 1.29 is 14.7 Å². The van der Waals surface area contributed by atoms with Crippen LogP contribution in [0.4, 0.5) is 0 Å². The molecular formula is C12H12BrNO3. The third-order valence-electron chi connectivity index (χ3n) is 2.79. The van der Waals surface area contributed by atoms with Gasteiger partial charge in [0.2, 0.25) is 5.91 Å². The van der Waals surface area contributed by atoms with Gasteiger partial charge in [-0.05, 0) is 30.5 Å². The van der Waals surface area contributed by atoms with E-state index in [1.807, 2.05) is 24.3 Å². The number of benzene rings is 1. The maximum atomic E-state index is 11.7. The lowest BCUT2D eigenvalue weighted by Crippen LogP contribution is -2.43. The second-order valence-electron chi connectivity index (χ2n) is 4.24. The van der Waals surface area contributed by atoms with Gasteiger partial charge in [-0.1, -0.05) is 28.1 Å². The molecule has 2 N–H and O–H groups in total. The van der Waals surface area contributed by atoms with Crippen molar-refractivity contribution in [3.8, 4) is 0 Å². The third kappa shape index (κ3) is 2.85. The first-order valence-electron chi connectivity index (χ1n) is 5.31. The van der Waals surface area contributed by atoms with Crippen LogP contribution in [0.2, 0.25) is 0 Å². The van der Waals surface area contributed by atoms with Crippen molar-refractivity contribution in [3.05, 3.63) is 34.3 Å². The number of aliphatic carboxylic acids is 1. The van der Waals surface area contributed by atoms with Crippen molar-refractivity contribution in [2.75, 3.05) is 0 Å². The number of carbonyl (C=O) groups excluding carboxylic acids is 1. The molecule has 1 aromatic carbocycles. The number of carboxylic acids is 1. The standard InChI is InChI=1S/C12H12BrNO3/c13-9-3-1-2-8(6-9)7-10(15)14-12(4-5-12)11(16)17/h1-3,6H,4-5,7H2,(H,14,15)(H,16,17). The molecule has 0 aromatic heterocycles. The molecule has 0 radical (unpaired) electrons. The van der Waals surface area contributed by atoms with Gasteiger partial charge < -0.3 is 10.4 Å². The van der Waals surface area contributed by atoms with Crippen LogP contribution < -0.4 is 5.32 Å². The van der Waals surface area contributed by atoms with Gasteiger partial charge in [0.1, 0.15) is 5.54 Å². The van der Waals surface area contributed by atoms with Crippen molar-refractivity contribution in [3.63, 3.8) is 0 Å². The molecule has 90 valence electrons. The molecule has 1 aromatic rings. The normalized spacial score (nSPS) is 16.3. The zero-order valence-electron chi connectivity index (χ0n) is 9.07. The van der Waals surface area contributed by atoms with E-state index in [0.717, 1.165) is 10.0 Å². The zero-order valence-corrected chi connectivity index (χ0v) is 10.7. The second kappa shape index (κ2) is 4.49. The highest BCUT2D eigenvalue weighted by Crippen LogP contribution is 2.35. The van der Waals surface area contributed by atoms with Crippen LogP contribution >= 0.6 is 15.9 Å². The van der Waals surface area contributed by atoms with Crippen LogP contribution in [0.5, 0.6) is 0 Å². The van der Waals surface area contributed by atoms with Crippen molar-refractivity contribution in [2.24, 2.45) is 0 Å². The van der Waals surface area contributed by atoms with Gasteiger partial charge in [-0.25, -0.2) is 4.79 Å². The molecule has 0 saturated heterocycles. The zero-order chi connectivity index (χ0) is 12.5. The Bertz CT molecular complexity index is 469. The monoisotopic (exact) mass is 297 g/mol. The molecule has 17 heavy (non-hydrogen) atoms. The van der Waals surface area contributed by atoms with Crippen LogP contribution in [0, 0.1) is 0 Å². The Hall–Kier alpha value is -1.36. The molecule has 0 bridgehead atoms. The summed E-state index contributed by atoms with van der Waals surface area (Å²) >= 11 is 3.32. The average molecular weight is 298 g/mol. The Morgan fingerprint density at radius 2 is 2.12 bits per heavy atom. The molecule has 5 heteroatoms. The van der Waals surface area contributed by atoms with E-state index in [2.05, 4.69) is 21.2 Å². The predicted molar refractivity (Wildman–Crippen MR) is 65.6 cm³/mol. The van der Waals surface area contributed by atoms with E-state index in [1.165, 1.54) is 0 Å². The van der Waals surface area contributed by atoms with E-state index in [4.69, 9.17) is 5.11 Å². The van der Waals surface area contributed by atoms with E-state index in [9.17, 15) is 9.59 Å². The number of hydrogen-bond acceptors (Lipinski definition) is 2. The van der Waals surface area contributed by atoms with Gasteiger partial charge in [-0.3, -0.25) is 4.79 Å². The number of hydrogen-bond donors (Lipinski definition) is 2. The summed E-state index contributed by atoms with van der Waals surface area (Å²) < 4.78 is 0.905. The predicted octanol–water partition coefficient (Wildman–Crippen LogP) is 1.72. The summed E-state index contributed by atoms with van der Waals surface area (Å²) in [6, 6.07) is 7.41. The highest BCUT2D eigenvalue weighted by Gasteiger charge is 2.51. The molecule has 1 saturated carbocycles. The minimum absolute atomic E-state index is 0.203. The van der Waals surface area contributed by atoms with Crippen molar-refractivity contribution in [1.82, 2.24) is 5.32 Å². The molecule has 1 amide bonds. The molecule has 0 atom stereocenters. The van der Waals surface area contributed by atoms with Gasteiger partial charge in [0, 0.05) is 4.47 Å². The van der Waals surface area contributed by atoms with E-state index >= 15 is 0 Å². The van der Waals surface area contributed by atoms with E-state index in [-0.39, 0.29) is 12.3 Å². The van der Waals surface area contributed by atoms with E-state index in [1.54, 1.807) is 0 Å². The first-order valence-corrected chi connectivity index (χ1v) is 6.10. The van der Waals surface area contributed by atoms with Crippen LogP contribution in [0.15, 0.2) is 28.7 Å². The first-order chi connectivity index (χ1) is 8.02. The second-order valence-corrected chi connectivity index (χ2v) is 5.16. The lowest BCUT2D eigenvalue weighted by atomic mass is 10.1. The fourth-order valence-corrected chi connectivity index (χ4v) is 2.11. The summed E-state index contributed by atoms with van der Waals surface area (Å²) in [5.74, 6) is -1.19.